The highest BCUT2D eigenvalue weighted by molar-refractivity contribution is 14.0. The first-order valence-corrected chi connectivity index (χ1v) is 2.80. The Morgan fingerprint density at radius 2 is 1.90 bits per heavy atom. The summed E-state index contributed by atoms with van der Waals surface area (Å²) >= 11 is 0. The molecule has 0 radical (unpaired) electrons. The van der Waals surface area contributed by atoms with Gasteiger partial charge in [-0.25, -0.2) is 0 Å². The van der Waals surface area contributed by atoms with Crippen molar-refractivity contribution in [1.82, 2.24) is 4.57 Å². The number of rotatable bonds is 0. The molecule has 0 fully saturated rings. The molecule has 10 heavy (non-hydrogen) atoms. The number of hydrogen-bond acceptors (Lipinski definition) is 2. The number of nitrogens with one attached hydrogen (secondary N) is 1. The minimum absolute atomic E-state index is 0. The van der Waals surface area contributed by atoms with Crippen LogP contribution in [0.1, 0.15) is 11.5 Å². The number of aryl methyl sites for hydroxylation is 1. The number of hydrogen-bond donors (Lipinski definition) is 1. The molecular weight excluding hydrogens is 243 g/mol. The van der Waals surface area contributed by atoms with Gasteiger partial charge in [0, 0.05) is 7.05 Å². The van der Waals surface area contributed by atoms with Gasteiger partial charge in [0.2, 0.25) is 0 Å². The summed E-state index contributed by atoms with van der Waals surface area (Å²) in [5.74, 6) is 0.822. The fourth-order valence-corrected chi connectivity index (χ4v) is 0.676. The summed E-state index contributed by atoms with van der Waals surface area (Å²) in [7, 11) is 1.81. The Kier molecular flexibility index (Phi) is 3.14. The third-order valence-electron chi connectivity index (χ3n) is 1.57. The molecule has 0 atom stereocenters. The number of nitrogens with zero attached hydrogens (tertiary/aromatic N) is 1. The highest BCUT2D eigenvalue weighted by Gasteiger charge is 1.99. The fourth-order valence-electron chi connectivity index (χ4n) is 0.676. The van der Waals surface area contributed by atoms with Gasteiger partial charge in [-0.2, -0.15) is 0 Å². The van der Waals surface area contributed by atoms with Crippen LogP contribution in [-0.4, -0.2) is 4.57 Å². The standard InChI is InChI=1S/C6H10N2O.HI/c1-4-5(2)9-6(7)8(4)3;/h7H,1-3H3;1H. The van der Waals surface area contributed by atoms with Gasteiger partial charge in [0.05, 0.1) is 5.69 Å². The van der Waals surface area contributed by atoms with Crippen LogP contribution >= 0.6 is 24.0 Å². The molecule has 0 spiro atoms. The van der Waals surface area contributed by atoms with E-state index in [1.807, 2.05) is 20.9 Å². The largest absolute Gasteiger partial charge is 0.429 e. The van der Waals surface area contributed by atoms with E-state index in [1.165, 1.54) is 0 Å². The van der Waals surface area contributed by atoms with Gasteiger partial charge in [-0.15, -0.1) is 24.0 Å². The predicted molar refractivity (Wildman–Crippen MR) is 48.4 cm³/mol. The van der Waals surface area contributed by atoms with Crippen LogP contribution in [0.15, 0.2) is 4.42 Å². The monoisotopic (exact) mass is 254 g/mol. The molecule has 58 valence electrons. The van der Waals surface area contributed by atoms with Crippen molar-refractivity contribution in [2.24, 2.45) is 7.05 Å². The predicted octanol–water partition coefficient (Wildman–Crippen LogP) is 1.33. The highest BCUT2D eigenvalue weighted by atomic mass is 127. The Morgan fingerprint density at radius 3 is 2.00 bits per heavy atom. The Labute approximate surface area is 76.6 Å². The number of oxazole rings is 1. The molecule has 0 aliphatic heterocycles. The third kappa shape index (κ3) is 1.42. The lowest BCUT2D eigenvalue weighted by Crippen LogP contribution is -2.10. The third-order valence-corrected chi connectivity index (χ3v) is 1.57. The van der Waals surface area contributed by atoms with Crippen LogP contribution in [0.3, 0.4) is 0 Å². The minimum Gasteiger partial charge on any atom is -0.429 e. The average molecular weight is 254 g/mol. The summed E-state index contributed by atoms with van der Waals surface area (Å²) in [6.07, 6.45) is 0. The van der Waals surface area contributed by atoms with E-state index in [1.54, 1.807) is 4.57 Å². The van der Waals surface area contributed by atoms with Gasteiger partial charge in [0.25, 0.3) is 5.68 Å². The number of aromatic nitrogens is 1. The molecule has 0 aliphatic carbocycles. The molecule has 0 unspecified atom stereocenters. The van der Waals surface area contributed by atoms with Gasteiger partial charge >= 0.3 is 0 Å². The Hall–Kier alpha value is -0.260. The maximum absolute atomic E-state index is 7.18. The first-order chi connectivity index (χ1) is 4.13. The van der Waals surface area contributed by atoms with Gasteiger partial charge in [-0.1, -0.05) is 0 Å². The second-order valence-corrected chi connectivity index (χ2v) is 2.11. The molecule has 1 heterocycles. The first-order valence-electron chi connectivity index (χ1n) is 2.80. The van der Waals surface area contributed by atoms with Crippen LogP contribution in [0.2, 0.25) is 0 Å². The Balaban J connectivity index is 0.000000810. The van der Waals surface area contributed by atoms with Crippen LogP contribution < -0.4 is 5.68 Å². The molecule has 1 N–H and O–H groups in total. The maximum Gasteiger partial charge on any atom is 0.293 e. The SMILES string of the molecule is Cc1oc(=N)n(C)c1C.I. The molecule has 3 nitrogen and oxygen atoms in total. The van der Waals surface area contributed by atoms with Crippen molar-refractivity contribution >= 4 is 24.0 Å². The smallest absolute Gasteiger partial charge is 0.293 e. The number of halogens is 1. The molecule has 0 saturated carbocycles. The molecule has 0 aromatic carbocycles. The van der Waals surface area contributed by atoms with Gasteiger partial charge in [-0.05, 0) is 13.8 Å². The fraction of sp³-hybridized carbons (Fsp3) is 0.500. The molecule has 1 rings (SSSR count). The van der Waals surface area contributed by atoms with E-state index in [9.17, 15) is 0 Å². The first kappa shape index (κ1) is 9.74. The summed E-state index contributed by atoms with van der Waals surface area (Å²) in [4.78, 5) is 0. The molecule has 0 amide bonds. The van der Waals surface area contributed by atoms with E-state index >= 15 is 0 Å². The molecule has 0 aliphatic rings. The van der Waals surface area contributed by atoms with E-state index in [4.69, 9.17) is 9.83 Å². The van der Waals surface area contributed by atoms with Crippen molar-refractivity contribution in [2.45, 2.75) is 13.8 Å². The lowest BCUT2D eigenvalue weighted by Gasteiger charge is -1.88. The average Bonchev–Trinajstić information content (AvgIpc) is 1.98. The summed E-state index contributed by atoms with van der Waals surface area (Å²) < 4.78 is 6.68. The van der Waals surface area contributed by atoms with E-state index in [0.717, 1.165) is 11.5 Å². The lowest BCUT2D eigenvalue weighted by molar-refractivity contribution is 0.446. The molecule has 0 bridgehead atoms. The van der Waals surface area contributed by atoms with Crippen molar-refractivity contribution in [3.8, 4) is 0 Å². The van der Waals surface area contributed by atoms with Crippen LogP contribution in [-0.2, 0) is 7.05 Å². The highest BCUT2D eigenvalue weighted by Crippen LogP contribution is 1.99. The van der Waals surface area contributed by atoms with Crippen LogP contribution in [0, 0.1) is 19.3 Å². The van der Waals surface area contributed by atoms with Crippen molar-refractivity contribution in [1.29, 1.82) is 5.41 Å². The second kappa shape index (κ2) is 3.23. The van der Waals surface area contributed by atoms with Crippen molar-refractivity contribution in [2.75, 3.05) is 0 Å². The summed E-state index contributed by atoms with van der Waals surface area (Å²) in [6.45, 7) is 3.78. The zero-order valence-corrected chi connectivity index (χ0v) is 8.59. The van der Waals surface area contributed by atoms with Gasteiger partial charge in [0.15, 0.2) is 0 Å². The van der Waals surface area contributed by atoms with Gasteiger partial charge in [-0.3, -0.25) is 5.41 Å². The molecule has 1 aromatic heterocycles. The molecule has 1 aromatic rings. The summed E-state index contributed by atoms with van der Waals surface area (Å²) in [5.41, 5.74) is 1.23. The Morgan fingerprint density at radius 1 is 1.40 bits per heavy atom. The van der Waals surface area contributed by atoms with Gasteiger partial charge in [0.1, 0.15) is 5.76 Å². The maximum atomic E-state index is 7.18. The second-order valence-electron chi connectivity index (χ2n) is 2.11. The lowest BCUT2D eigenvalue weighted by atomic mass is 10.4. The Bertz CT molecular complexity index is 274. The zero-order chi connectivity index (χ0) is 7.02. The van der Waals surface area contributed by atoms with Gasteiger partial charge < -0.3 is 8.98 Å². The van der Waals surface area contributed by atoms with E-state index < -0.39 is 0 Å². The van der Waals surface area contributed by atoms with E-state index in [-0.39, 0.29) is 29.7 Å². The summed E-state index contributed by atoms with van der Waals surface area (Å²) in [5, 5.41) is 7.18. The van der Waals surface area contributed by atoms with Crippen molar-refractivity contribution in [3.05, 3.63) is 17.1 Å². The van der Waals surface area contributed by atoms with Crippen molar-refractivity contribution in [3.63, 3.8) is 0 Å². The van der Waals surface area contributed by atoms with Crippen LogP contribution in [0.4, 0.5) is 0 Å². The van der Waals surface area contributed by atoms with E-state index in [0.29, 0.717) is 0 Å². The van der Waals surface area contributed by atoms with Crippen molar-refractivity contribution < 1.29 is 4.42 Å². The minimum atomic E-state index is 0. The van der Waals surface area contributed by atoms with E-state index in [2.05, 4.69) is 0 Å². The zero-order valence-electron chi connectivity index (χ0n) is 6.26. The topological polar surface area (TPSA) is 41.9 Å². The van der Waals surface area contributed by atoms with Crippen LogP contribution in [0.25, 0.3) is 0 Å². The molecule has 0 saturated heterocycles. The molecular formula is C6H11IN2O. The molecule has 4 heteroatoms. The van der Waals surface area contributed by atoms with Crippen LogP contribution in [0.5, 0.6) is 0 Å². The quantitative estimate of drug-likeness (QED) is 0.697. The summed E-state index contributed by atoms with van der Waals surface area (Å²) in [6, 6.07) is 0. The normalized spacial score (nSPS) is 9.10.